The average molecular weight is 591 g/mol. The fourth-order valence-electron chi connectivity index (χ4n) is 4.43. The van der Waals surface area contributed by atoms with E-state index in [2.05, 4.69) is 15.5 Å². The van der Waals surface area contributed by atoms with Crippen LogP contribution in [-0.4, -0.2) is 77.6 Å². The van der Waals surface area contributed by atoms with Crippen molar-refractivity contribution >= 4 is 23.5 Å². The van der Waals surface area contributed by atoms with Crippen LogP contribution in [0.5, 0.6) is 17.2 Å². The lowest BCUT2D eigenvalue weighted by Gasteiger charge is -2.25. The number of anilines is 1. The number of aromatic amines is 1. The molecule has 11 nitrogen and oxygen atoms in total. The minimum atomic E-state index is -5.08. The number of alkyl halides is 3. The average Bonchev–Trinajstić information content (AvgIpc) is 3.71. The number of carbonyl (C=O) groups excluding carboxylic acids is 2. The van der Waals surface area contributed by atoms with Crippen LogP contribution < -0.4 is 19.5 Å². The summed E-state index contributed by atoms with van der Waals surface area (Å²) >= 11 is 0. The Morgan fingerprint density at radius 3 is 2.52 bits per heavy atom. The number of methoxy groups -OCH3 is 1. The lowest BCUT2D eigenvalue weighted by Crippen LogP contribution is -2.33. The smallest absolute Gasteiger partial charge is 0.490 e. The summed E-state index contributed by atoms with van der Waals surface area (Å²) in [5.74, 6) is -1.44. The summed E-state index contributed by atoms with van der Waals surface area (Å²) in [4.78, 5) is 36.4. The van der Waals surface area contributed by atoms with Crippen LogP contribution in [0.2, 0.25) is 0 Å². The SMILES string of the molecule is COc1ccc2c(c1)CC(C(=O)Nc1ccc(-c3cn[nH]c3)cc1OCC(=O)N1CCCC1)CO2.O=C(O)C(F)(F)F. The second kappa shape index (κ2) is 13.3. The number of carboxylic acids is 1. The van der Waals surface area contributed by atoms with Crippen molar-refractivity contribution in [1.29, 1.82) is 0 Å². The molecule has 2 aliphatic rings. The maximum Gasteiger partial charge on any atom is 0.490 e. The molecule has 42 heavy (non-hydrogen) atoms. The third-order valence-corrected chi connectivity index (χ3v) is 6.67. The first-order chi connectivity index (χ1) is 20.0. The van der Waals surface area contributed by atoms with Gasteiger partial charge in [-0.2, -0.15) is 18.3 Å². The molecule has 2 aliphatic heterocycles. The molecule has 0 spiro atoms. The molecule has 2 amide bonds. The highest BCUT2D eigenvalue weighted by Gasteiger charge is 2.38. The van der Waals surface area contributed by atoms with Crippen LogP contribution in [0.3, 0.4) is 0 Å². The van der Waals surface area contributed by atoms with E-state index in [0.29, 0.717) is 17.9 Å². The van der Waals surface area contributed by atoms with Crippen LogP contribution in [0.4, 0.5) is 18.9 Å². The predicted octanol–water partition coefficient (Wildman–Crippen LogP) is 3.91. The van der Waals surface area contributed by atoms with Gasteiger partial charge >= 0.3 is 12.1 Å². The van der Waals surface area contributed by atoms with Crippen molar-refractivity contribution in [3.05, 3.63) is 54.4 Å². The fraction of sp³-hybridized carbons (Fsp3) is 0.357. The molecule has 0 bridgehead atoms. The van der Waals surface area contributed by atoms with Gasteiger partial charge in [-0.25, -0.2) is 4.79 Å². The van der Waals surface area contributed by atoms with Gasteiger partial charge in [0.15, 0.2) is 6.61 Å². The van der Waals surface area contributed by atoms with Crippen molar-refractivity contribution in [2.24, 2.45) is 5.92 Å². The molecular weight excluding hydrogens is 561 g/mol. The molecule has 1 saturated heterocycles. The second-order valence-corrected chi connectivity index (χ2v) is 9.55. The van der Waals surface area contributed by atoms with Crippen molar-refractivity contribution in [3.8, 4) is 28.4 Å². The summed E-state index contributed by atoms with van der Waals surface area (Å²) in [7, 11) is 1.61. The Hall–Kier alpha value is -4.75. The summed E-state index contributed by atoms with van der Waals surface area (Å²) in [6, 6.07) is 11.1. The number of carboxylic acid groups (broad SMARTS) is 1. The van der Waals surface area contributed by atoms with E-state index in [9.17, 15) is 22.8 Å². The number of aromatic nitrogens is 2. The van der Waals surface area contributed by atoms with Gasteiger partial charge in [-0.05, 0) is 60.7 Å². The summed E-state index contributed by atoms with van der Waals surface area (Å²) in [5, 5.41) is 16.9. The number of ether oxygens (including phenoxy) is 3. The maximum absolute atomic E-state index is 13.2. The lowest BCUT2D eigenvalue weighted by molar-refractivity contribution is -0.192. The van der Waals surface area contributed by atoms with E-state index >= 15 is 0 Å². The number of benzene rings is 2. The number of H-pyrrole nitrogens is 1. The number of rotatable bonds is 7. The van der Waals surface area contributed by atoms with Crippen LogP contribution in [-0.2, 0) is 20.8 Å². The van der Waals surface area contributed by atoms with Crippen molar-refractivity contribution < 1.29 is 46.9 Å². The van der Waals surface area contributed by atoms with Gasteiger partial charge in [0.2, 0.25) is 5.91 Å². The van der Waals surface area contributed by atoms with Gasteiger partial charge in [-0.15, -0.1) is 0 Å². The standard InChI is InChI=1S/C26H28N4O5.C2HF3O2/c1-33-21-5-7-23-18(11-21)10-19(15-34-23)26(32)29-22-6-4-17(20-13-27-28-14-20)12-24(22)35-16-25(31)30-8-2-3-9-30;3-2(4,5)1(6)7/h4-7,11-14,19H,2-3,8-10,15-16H2,1H3,(H,27,28)(H,29,32);(H,6,7). The van der Waals surface area contributed by atoms with Crippen LogP contribution in [0.15, 0.2) is 48.8 Å². The van der Waals surface area contributed by atoms with Crippen molar-refractivity contribution in [2.45, 2.75) is 25.4 Å². The minimum Gasteiger partial charge on any atom is -0.497 e. The molecule has 1 fully saturated rings. The molecule has 2 aromatic carbocycles. The zero-order valence-corrected chi connectivity index (χ0v) is 22.6. The molecule has 5 rings (SSSR count). The van der Waals surface area contributed by atoms with E-state index in [1.54, 1.807) is 25.6 Å². The number of nitrogens with zero attached hydrogens (tertiary/aromatic N) is 2. The van der Waals surface area contributed by atoms with E-state index in [4.69, 9.17) is 24.1 Å². The van der Waals surface area contributed by atoms with Crippen molar-refractivity contribution in [3.63, 3.8) is 0 Å². The summed E-state index contributed by atoms with van der Waals surface area (Å²) in [5.41, 5.74) is 3.18. The van der Waals surface area contributed by atoms with Crippen molar-refractivity contribution in [2.75, 3.05) is 38.7 Å². The molecule has 3 heterocycles. The Morgan fingerprint density at radius 1 is 1.14 bits per heavy atom. The van der Waals surface area contributed by atoms with E-state index in [0.717, 1.165) is 54.1 Å². The Morgan fingerprint density at radius 2 is 1.88 bits per heavy atom. The number of nitrogens with one attached hydrogen (secondary N) is 2. The quantitative estimate of drug-likeness (QED) is 0.376. The van der Waals surface area contributed by atoms with Gasteiger partial charge in [-0.3, -0.25) is 14.7 Å². The number of fused-ring (bicyclic) bond motifs is 1. The molecule has 224 valence electrons. The van der Waals surface area contributed by atoms with E-state index in [1.807, 2.05) is 35.2 Å². The largest absolute Gasteiger partial charge is 0.497 e. The van der Waals surface area contributed by atoms with Crippen LogP contribution in [0.25, 0.3) is 11.1 Å². The van der Waals surface area contributed by atoms with E-state index in [-0.39, 0.29) is 30.9 Å². The molecule has 3 aromatic rings. The zero-order chi connectivity index (χ0) is 30.3. The molecule has 1 aromatic heterocycles. The number of amides is 2. The molecule has 1 unspecified atom stereocenters. The Balaban J connectivity index is 0.000000517. The highest BCUT2D eigenvalue weighted by molar-refractivity contribution is 5.95. The topological polar surface area (TPSA) is 143 Å². The highest BCUT2D eigenvalue weighted by atomic mass is 19.4. The molecule has 1 atom stereocenters. The van der Waals surface area contributed by atoms with E-state index in [1.165, 1.54) is 0 Å². The highest BCUT2D eigenvalue weighted by Crippen LogP contribution is 2.34. The number of halogens is 3. The molecule has 14 heteroatoms. The Kier molecular flexibility index (Phi) is 9.55. The number of carbonyl (C=O) groups is 3. The minimum absolute atomic E-state index is 0.0558. The second-order valence-electron chi connectivity index (χ2n) is 9.55. The van der Waals surface area contributed by atoms with Crippen LogP contribution in [0, 0.1) is 5.92 Å². The van der Waals surface area contributed by atoms with Crippen molar-refractivity contribution in [1.82, 2.24) is 15.1 Å². The Bertz CT molecular complexity index is 1410. The predicted molar refractivity (Wildman–Crippen MR) is 143 cm³/mol. The summed E-state index contributed by atoms with van der Waals surface area (Å²) in [6.07, 6.45) is 0.966. The Labute approximate surface area is 238 Å². The number of aliphatic carboxylic acids is 1. The molecule has 0 saturated carbocycles. The first-order valence-electron chi connectivity index (χ1n) is 13.0. The van der Waals surface area contributed by atoms with Crippen LogP contribution in [0.1, 0.15) is 18.4 Å². The van der Waals surface area contributed by atoms with Gasteiger partial charge < -0.3 is 29.5 Å². The van der Waals surface area contributed by atoms with E-state index < -0.39 is 12.1 Å². The number of hydrogen-bond donors (Lipinski definition) is 3. The van der Waals surface area contributed by atoms with Crippen LogP contribution >= 0.6 is 0 Å². The fourth-order valence-corrected chi connectivity index (χ4v) is 4.43. The van der Waals surface area contributed by atoms with Gasteiger partial charge in [0.05, 0.1) is 24.9 Å². The zero-order valence-electron chi connectivity index (χ0n) is 22.6. The normalized spacial score (nSPS) is 15.9. The van der Waals surface area contributed by atoms with Gasteiger partial charge in [0.25, 0.3) is 5.91 Å². The first kappa shape index (κ1) is 30.2. The number of hydrogen-bond acceptors (Lipinski definition) is 7. The van der Waals surface area contributed by atoms with Gasteiger partial charge in [0.1, 0.15) is 23.9 Å². The first-order valence-corrected chi connectivity index (χ1v) is 13.0. The maximum atomic E-state index is 13.2. The molecule has 3 N–H and O–H groups in total. The van der Waals surface area contributed by atoms with Gasteiger partial charge in [-0.1, -0.05) is 6.07 Å². The monoisotopic (exact) mass is 590 g/mol. The summed E-state index contributed by atoms with van der Waals surface area (Å²) < 4.78 is 48.8. The third-order valence-electron chi connectivity index (χ3n) is 6.67. The molecular formula is C28H29F3N4O7. The molecule has 0 radical (unpaired) electrons. The number of likely N-dealkylation sites (tertiary alicyclic amines) is 1. The summed E-state index contributed by atoms with van der Waals surface area (Å²) in [6.45, 7) is 1.71. The molecule has 0 aliphatic carbocycles. The lowest BCUT2D eigenvalue weighted by atomic mass is 9.95. The third kappa shape index (κ3) is 7.71. The van der Waals surface area contributed by atoms with Gasteiger partial charge in [0, 0.05) is 24.8 Å².